The first kappa shape index (κ1) is 12.4. The zero-order valence-electron chi connectivity index (χ0n) is 10.6. The van der Waals surface area contributed by atoms with Crippen molar-refractivity contribution < 1.29 is 0 Å². The van der Waals surface area contributed by atoms with Gasteiger partial charge in [-0.1, -0.05) is 18.6 Å². The molecule has 17 heavy (non-hydrogen) atoms. The van der Waals surface area contributed by atoms with Gasteiger partial charge >= 0.3 is 0 Å². The normalized spacial score (nSPS) is 22.5. The molecule has 0 atom stereocenters. The highest BCUT2D eigenvalue weighted by Crippen LogP contribution is 2.26. The van der Waals surface area contributed by atoms with E-state index >= 15 is 0 Å². The molecule has 4 nitrogen and oxygen atoms in total. The van der Waals surface area contributed by atoms with Crippen molar-refractivity contribution in [2.45, 2.75) is 25.7 Å². The van der Waals surface area contributed by atoms with Crippen LogP contribution in [0.15, 0.2) is 17.1 Å². The number of nitrogens with zero attached hydrogens (tertiary/aromatic N) is 2. The van der Waals surface area contributed by atoms with Crippen LogP contribution in [-0.4, -0.2) is 43.6 Å². The van der Waals surface area contributed by atoms with E-state index in [0.29, 0.717) is 5.96 Å². The van der Waals surface area contributed by atoms with Crippen molar-refractivity contribution in [2.24, 2.45) is 16.6 Å². The van der Waals surface area contributed by atoms with Crippen molar-refractivity contribution in [1.29, 1.82) is 0 Å². The molecule has 0 amide bonds. The van der Waals surface area contributed by atoms with Crippen molar-refractivity contribution in [3.05, 3.63) is 12.2 Å². The standard InChI is InChI=1S/C13H24N4/c14-13(16-11-12-5-4-6-12)15-7-10-17-8-2-1-3-9-17/h1-2,12H,3-11H2,(H3,14,15,16). The summed E-state index contributed by atoms with van der Waals surface area (Å²) in [7, 11) is 0. The van der Waals surface area contributed by atoms with E-state index in [2.05, 4.69) is 27.4 Å². The molecule has 0 unspecified atom stereocenters. The second-order valence-electron chi connectivity index (χ2n) is 5.01. The van der Waals surface area contributed by atoms with E-state index in [-0.39, 0.29) is 0 Å². The highest BCUT2D eigenvalue weighted by molar-refractivity contribution is 5.77. The molecule has 1 aliphatic carbocycles. The van der Waals surface area contributed by atoms with E-state index < -0.39 is 0 Å². The van der Waals surface area contributed by atoms with E-state index in [1.807, 2.05) is 0 Å². The first-order chi connectivity index (χ1) is 8.34. The van der Waals surface area contributed by atoms with Gasteiger partial charge in [-0.15, -0.1) is 0 Å². The predicted molar refractivity (Wildman–Crippen MR) is 72.0 cm³/mol. The molecule has 0 spiro atoms. The summed E-state index contributed by atoms with van der Waals surface area (Å²) in [5.74, 6) is 1.41. The van der Waals surface area contributed by atoms with E-state index in [0.717, 1.165) is 38.6 Å². The van der Waals surface area contributed by atoms with E-state index in [1.165, 1.54) is 25.7 Å². The fourth-order valence-corrected chi connectivity index (χ4v) is 2.19. The lowest BCUT2D eigenvalue weighted by molar-refractivity contribution is 0.302. The summed E-state index contributed by atoms with van der Waals surface area (Å²) in [5.41, 5.74) is 5.82. The Morgan fingerprint density at radius 1 is 1.41 bits per heavy atom. The topological polar surface area (TPSA) is 53.6 Å². The molecule has 0 aromatic rings. The molecule has 4 heteroatoms. The minimum Gasteiger partial charge on any atom is -0.370 e. The lowest BCUT2D eigenvalue weighted by atomic mass is 9.86. The van der Waals surface area contributed by atoms with E-state index in [4.69, 9.17) is 5.73 Å². The monoisotopic (exact) mass is 236 g/mol. The molecular weight excluding hydrogens is 212 g/mol. The number of nitrogens with one attached hydrogen (secondary N) is 1. The van der Waals surface area contributed by atoms with Crippen LogP contribution in [0, 0.1) is 5.92 Å². The van der Waals surface area contributed by atoms with Gasteiger partial charge in [-0.2, -0.15) is 0 Å². The Morgan fingerprint density at radius 2 is 2.29 bits per heavy atom. The molecular formula is C13H24N4. The maximum atomic E-state index is 5.82. The molecule has 2 aliphatic rings. The number of rotatable bonds is 5. The van der Waals surface area contributed by atoms with Gasteiger partial charge < -0.3 is 11.1 Å². The second kappa shape index (κ2) is 6.64. The van der Waals surface area contributed by atoms with Gasteiger partial charge in [0.05, 0.1) is 0 Å². The zero-order chi connectivity index (χ0) is 11.9. The Balaban J connectivity index is 1.55. The Labute approximate surface area is 104 Å². The molecule has 1 heterocycles. The van der Waals surface area contributed by atoms with Gasteiger partial charge in [0.15, 0.2) is 5.96 Å². The van der Waals surface area contributed by atoms with Crippen LogP contribution in [0.5, 0.6) is 0 Å². The van der Waals surface area contributed by atoms with Crippen LogP contribution in [0.2, 0.25) is 0 Å². The molecule has 0 radical (unpaired) electrons. The lowest BCUT2D eigenvalue weighted by Gasteiger charge is -2.24. The minimum absolute atomic E-state index is 0.615. The van der Waals surface area contributed by atoms with Crippen molar-refractivity contribution in [1.82, 2.24) is 10.2 Å². The van der Waals surface area contributed by atoms with Crippen LogP contribution < -0.4 is 11.1 Å². The van der Waals surface area contributed by atoms with Gasteiger partial charge in [0, 0.05) is 32.7 Å². The Bertz CT molecular complexity index is 281. The van der Waals surface area contributed by atoms with E-state index in [9.17, 15) is 0 Å². The average Bonchev–Trinajstić information content (AvgIpc) is 2.28. The molecule has 2 rings (SSSR count). The largest absolute Gasteiger partial charge is 0.370 e. The summed E-state index contributed by atoms with van der Waals surface area (Å²) in [6.45, 7) is 5.08. The fourth-order valence-electron chi connectivity index (χ4n) is 2.19. The first-order valence-corrected chi connectivity index (χ1v) is 6.76. The van der Waals surface area contributed by atoms with Crippen LogP contribution in [-0.2, 0) is 0 Å². The molecule has 0 aromatic carbocycles. The molecule has 1 aliphatic heterocycles. The maximum absolute atomic E-state index is 5.82. The summed E-state index contributed by atoms with van der Waals surface area (Å²) in [5, 5.41) is 3.20. The lowest BCUT2D eigenvalue weighted by Crippen LogP contribution is -2.39. The molecule has 96 valence electrons. The third-order valence-electron chi connectivity index (χ3n) is 3.62. The fraction of sp³-hybridized carbons (Fsp3) is 0.769. The number of nitrogens with two attached hydrogens (primary N) is 1. The average molecular weight is 236 g/mol. The Kier molecular flexibility index (Phi) is 4.86. The van der Waals surface area contributed by atoms with Gasteiger partial charge in [0.2, 0.25) is 0 Å². The highest BCUT2D eigenvalue weighted by atomic mass is 15.2. The summed E-state index contributed by atoms with van der Waals surface area (Å²) < 4.78 is 0. The number of hydrogen-bond acceptors (Lipinski definition) is 2. The van der Waals surface area contributed by atoms with Crippen LogP contribution in [0.25, 0.3) is 0 Å². The third-order valence-corrected chi connectivity index (χ3v) is 3.62. The van der Waals surface area contributed by atoms with Gasteiger partial charge in [0.1, 0.15) is 0 Å². The van der Waals surface area contributed by atoms with Crippen LogP contribution >= 0.6 is 0 Å². The number of aliphatic imine (C=N–C) groups is 1. The maximum Gasteiger partial charge on any atom is 0.188 e. The van der Waals surface area contributed by atoms with Gasteiger partial charge in [-0.3, -0.25) is 9.89 Å². The van der Waals surface area contributed by atoms with Crippen LogP contribution in [0.1, 0.15) is 25.7 Å². The van der Waals surface area contributed by atoms with Gasteiger partial charge in [-0.25, -0.2) is 0 Å². The smallest absolute Gasteiger partial charge is 0.188 e. The number of guanidine groups is 1. The van der Waals surface area contributed by atoms with Crippen molar-refractivity contribution in [2.75, 3.05) is 32.7 Å². The van der Waals surface area contributed by atoms with Crippen molar-refractivity contribution in [3.63, 3.8) is 0 Å². The predicted octanol–water partition coefficient (Wildman–Crippen LogP) is 0.953. The molecule has 3 N–H and O–H groups in total. The molecule has 1 fully saturated rings. The molecule has 0 saturated heterocycles. The molecule has 1 saturated carbocycles. The van der Waals surface area contributed by atoms with Crippen LogP contribution in [0.3, 0.4) is 0 Å². The molecule has 0 bridgehead atoms. The number of hydrogen-bond donors (Lipinski definition) is 2. The second-order valence-corrected chi connectivity index (χ2v) is 5.01. The Morgan fingerprint density at radius 3 is 2.94 bits per heavy atom. The van der Waals surface area contributed by atoms with E-state index in [1.54, 1.807) is 0 Å². The van der Waals surface area contributed by atoms with Crippen molar-refractivity contribution >= 4 is 5.96 Å². The summed E-state index contributed by atoms with van der Waals surface area (Å²) in [6.07, 6.45) is 9.69. The SMILES string of the molecule is NC(=NCC1CCC1)NCCN1CC=CCC1. The van der Waals surface area contributed by atoms with Crippen molar-refractivity contribution in [3.8, 4) is 0 Å². The quantitative estimate of drug-likeness (QED) is 0.424. The summed E-state index contributed by atoms with van der Waals surface area (Å²) >= 11 is 0. The van der Waals surface area contributed by atoms with Gasteiger partial charge in [0.25, 0.3) is 0 Å². The highest BCUT2D eigenvalue weighted by Gasteiger charge is 2.16. The van der Waals surface area contributed by atoms with Gasteiger partial charge in [-0.05, 0) is 25.2 Å². The Hall–Kier alpha value is -1.03. The molecule has 0 aromatic heterocycles. The summed E-state index contributed by atoms with van der Waals surface area (Å²) in [6, 6.07) is 0. The van der Waals surface area contributed by atoms with Crippen LogP contribution in [0.4, 0.5) is 0 Å². The first-order valence-electron chi connectivity index (χ1n) is 6.76. The summed E-state index contributed by atoms with van der Waals surface area (Å²) in [4.78, 5) is 6.80. The zero-order valence-corrected chi connectivity index (χ0v) is 10.6. The third kappa shape index (κ3) is 4.38. The minimum atomic E-state index is 0.615.